The first kappa shape index (κ1) is 10.6. The average molecular weight is 195 g/mol. The summed E-state index contributed by atoms with van der Waals surface area (Å²) in [7, 11) is 1.44. The molecule has 0 aliphatic heterocycles. The highest BCUT2D eigenvalue weighted by Crippen LogP contribution is 2.20. The van der Waals surface area contributed by atoms with Crippen LogP contribution in [0.25, 0.3) is 0 Å². The number of methoxy groups -OCH3 is 1. The van der Waals surface area contributed by atoms with Crippen LogP contribution in [0.1, 0.15) is 6.92 Å². The van der Waals surface area contributed by atoms with E-state index in [4.69, 9.17) is 4.74 Å². The molecule has 0 unspecified atom stereocenters. The van der Waals surface area contributed by atoms with Crippen molar-refractivity contribution in [2.24, 2.45) is 0 Å². The SMILES string of the molecule is C=C(C)CNc1ccc(OC)c(F)c1. The molecule has 0 spiro atoms. The van der Waals surface area contributed by atoms with Crippen LogP contribution in [0.2, 0.25) is 0 Å². The standard InChI is InChI=1S/C11H14FNO/c1-8(2)7-13-9-4-5-11(14-3)10(12)6-9/h4-6,13H,1,7H2,2-3H3. The van der Waals surface area contributed by atoms with Gasteiger partial charge in [0, 0.05) is 18.3 Å². The van der Waals surface area contributed by atoms with Gasteiger partial charge in [0.05, 0.1) is 7.11 Å². The fourth-order valence-electron chi connectivity index (χ4n) is 1.03. The molecule has 0 saturated heterocycles. The third-order valence-corrected chi connectivity index (χ3v) is 1.75. The monoisotopic (exact) mass is 195 g/mol. The molecule has 0 aliphatic carbocycles. The molecule has 76 valence electrons. The van der Waals surface area contributed by atoms with Crippen LogP contribution in [0.4, 0.5) is 10.1 Å². The van der Waals surface area contributed by atoms with E-state index in [1.807, 2.05) is 6.92 Å². The van der Waals surface area contributed by atoms with Gasteiger partial charge in [-0.15, -0.1) is 0 Å². The van der Waals surface area contributed by atoms with E-state index >= 15 is 0 Å². The maximum atomic E-state index is 13.2. The summed E-state index contributed by atoms with van der Waals surface area (Å²) in [6, 6.07) is 4.77. The first-order valence-corrected chi connectivity index (χ1v) is 4.35. The van der Waals surface area contributed by atoms with Crippen molar-refractivity contribution in [1.82, 2.24) is 0 Å². The van der Waals surface area contributed by atoms with Crippen molar-refractivity contribution in [3.05, 3.63) is 36.2 Å². The molecule has 3 heteroatoms. The third kappa shape index (κ3) is 2.76. The summed E-state index contributed by atoms with van der Waals surface area (Å²) in [6.45, 7) is 6.30. The summed E-state index contributed by atoms with van der Waals surface area (Å²) in [6.07, 6.45) is 0. The van der Waals surface area contributed by atoms with Crippen molar-refractivity contribution in [1.29, 1.82) is 0 Å². The molecule has 0 amide bonds. The average Bonchev–Trinajstić information content (AvgIpc) is 2.15. The maximum Gasteiger partial charge on any atom is 0.167 e. The molecule has 2 nitrogen and oxygen atoms in total. The molecule has 0 atom stereocenters. The second-order valence-electron chi connectivity index (χ2n) is 3.16. The van der Waals surface area contributed by atoms with Gasteiger partial charge in [0.1, 0.15) is 0 Å². The zero-order chi connectivity index (χ0) is 10.6. The van der Waals surface area contributed by atoms with E-state index in [1.54, 1.807) is 12.1 Å². The Morgan fingerprint density at radius 1 is 1.57 bits per heavy atom. The summed E-state index contributed by atoms with van der Waals surface area (Å²) >= 11 is 0. The smallest absolute Gasteiger partial charge is 0.167 e. The Bertz CT molecular complexity index is 336. The van der Waals surface area contributed by atoms with Crippen molar-refractivity contribution in [2.45, 2.75) is 6.92 Å². The Morgan fingerprint density at radius 2 is 2.29 bits per heavy atom. The van der Waals surface area contributed by atoms with Gasteiger partial charge in [-0.2, -0.15) is 0 Å². The van der Waals surface area contributed by atoms with Gasteiger partial charge in [-0.25, -0.2) is 4.39 Å². The number of ether oxygens (including phenoxy) is 1. The second-order valence-corrected chi connectivity index (χ2v) is 3.16. The summed E-state index contributed by atoms with van der Waals surface area (Å²) in [5.74, 6) is -0.106. The van der Waals surface area contributed by atoms with Gasteiger partial charge in [0.25, 0.3) is 0 Å². The molecule has 0 aromatic heterocycles. The minimum Gasteiger partial charge on any atom is -0.494 e. The lowest BCUT2D eigenvalue weighted by Gasteiger charge is -2.07. The normalized spacial score (nSPS) is 9.64. The molecule has 1 aromatic carbocycles. The van der Waals surface area contributed by atoms with Crippen LogP contribution in [0.15, 0.2) is 30.4 Å². The molecule has 1 rings (SSSR count). The van der Waals surface area contributed by atoms with Crippen LogP contribution in [-0.4, -0.2) is 13.7 Å². The zero-order valence-electron chi connectivity index (χ0n) is 8.43. The second kappa shape index (κ2) is 4.65. The number of anilines is 1. The number of benzene rings is 1. The summed E-state index contributed by atoms with van der Waals surface area (Å²) in [5.41, 5.74) is 1.73. The first-order valence-electron chi connectivity index (χ1n) is 4.35. The quantitative estimate of drug-likeness (QED) is 0.746. The number of halogens is 1. The number of rotatable bonds is 4. The van der Waals surface area contributed by atoms with Gasteiger partial charge in [0.15, 0.2) is 11.6 Å². The van der Waals surface area contributed by atoms with E-state index in [0.717, 1.165) is 11.3 Å². The van der Waals surface area contributed by atoms with E-state index in [-0.39, 0.29) is 11.6 Å². The predicted octanol–water partition coefficient (Wildman–Crippen LogP) is 2.82. The number of nitrogens with one attached hydrogen (secondary N) is 1. The predicted molar refractivity (Wildman–Crippen MR) is 56.3 cm³/mol. The van der Waals surface area contributed by atoms with Gasteiger partial charge < -0.3 is 10.1 Å². The topological polar surface area (TPSA) is 21.3 Å². The number of hydrogen-bond donors (Lipinski definition) is 1. The lowest BCUT2D eigenvalue weighted by molar-refractivity contribution is 0.386. The largest absolute Gasteiger partial charge is 0.494 e. The van der Waals surface area contributed by atoms with Crippen LogP contribution >= 0.6 is 0 Å². The van der Waals surface area contributed by atoms with Crippen LogP contribution in [0.3, 0.4) is 0 Å². The summed E-state index contributed by atoms with van der Waals surface area (Å²) in [5, 5.41) is 3.04. The molecule has 0 saturated carbocycles. The van der Waals surface area contributed by atoms with Gasteiger partial charge in [-0.05, 0) is 19.1 Å². The summed E-state index contributed by atoms with van der Waals surface area (Å²) in [4.78, 5) is 0. The minimum atomic E-state index is -0.362. The molecule has 1 N–H and O–H groups in total. The Kier molecular flexibility index (Phi) is 3.51. The minimum absolute atomic E-state index is 0.255. The molecular weight excluding hydrogens is 181 g/mol. The van der Waals surface area contributed by atoms with Crippen molar-refractivity contribution < 1.29 is 9.13 Å². The molecule has 0 bridgehead atoms. The molecule has 1 aromatic rings. The molecule has 14 heavy (non-hydrogen) atoms. The Balaban J connectivity index is 2.71. The van der Waals surface area contributed by atoms with E-state index < -0.39 is 0 Å². The zero-order valence-corrected chi connectivity index (χ0v) is 8.43. The van der Waals surface area contributed by atoms with Crippen molar-refractivity contribution >= 4 is 5.69 Å². The Labute approximate surface area is 83.4 Å². The van der Waals surface area contributed by atoms with Crippen molar-refractivity contribution in [3.8, 4) is 5.75 Å². The molecule has 0 fully saturated rings. The van der Waals surface area contributed by atoms with Gasteiger partial charge >= 0.3 is 0 Å². The van der Waals surface area contributed by atoms with E-state index in [9.17, 15) is 4.39 Å². The van der Waals surface area contributed by atoms with Crippen LogP contribution < -0.4 is 10.1 Å². The highest BCUT2D eigenvalue weighted by Gasteiger charge is 2.02. The van der Waals surface area contributed by atoms with E-state index in [1.165, 1.54) is 13.2 Å². The van der Waals surface area contributed by atoms with Crippen molar-refractivity contribution in [3.63, 3.8) is 0 Å². The lowest BCUT2D eigenvalue weighted by Crippen LogP contribution is -2.02. The maximum absolute atomic E-state index is 13.2. The fourth-order valence-corrected chi connectivity index (χ4v) is 1.03. The Morgan fingerprint density at radius 3 is 2.79 bits per heavy atom. The van der Waals surface area contributed by atoms with Crippen LogP contribution in [0.5, 0.6) is 5.75 Å². The van der Waals surface area contributed by atoms with Crippen LogP contribution in [-0.2, 0) is 0 Å². The molecule has 0 radical (unpaired) electrons. The molecular formula is C11H14FNO. The van der Waals surface area contributed by atoms with E-state index in [0.29, 0.717) is 6.54 Å². The first-order chi connectivity index (χ1) is 6.63. The van der Waals surface area contributed by atoms with E-state index in [2.05, 4.69) is 11.9 Å². The molecule has 0 heterocycles. The lowest BCUT2D eigenvalue weighted by atomic mass is 10.2. The third-order valence-electron chi connectivity index (χ3n) is 1.75. The fraction of sp³-hybridized carbons (Fsp3) is 0.273. The highest BCUT2D eigenvalue weighted by atomic mass is 19.1. The molecule has 0 aliphatic rings. The number of hydrogen-bond acceptors (Lipinski definition) is 2. The van der Waals surface area contributed by atoms with Gasteiger partial charge in [0.2, 0.25) is 0 Å². The summed E-state index contributed by atoms with van der Waals surface area (Å²) < 4.78 is 18.0. The highest BCUT2D eigenvalue weighted by molar-refractivity contribution is 5.47. The Hall–Kier alpha value is -1.51. The van der Waals surface area contributed by atoms with Gasteiger partial charge in [-0.1, -0.05) is 12.2 Å². The van der Waals surface area contributed by atoms with Gasteiger partial charge in [-0.3, -0.25) is 0 Å². The van der Waals surface area contributed by atoms with Crippen molar-refractivity contribution in [2.75, 3.05) is 19.0 Å². The van der Waals surface area contributed by atoms with Crippen LogP contribution in [0, 0.1) is 5.82 Å².